The molecule has 0 amide bonds. The maximum atomic E-state index is 2.52. The Kier molecular flexibility index (Phi) is 5.54. The standard InChI is InChI=1S/C26H32B2N4/c1-5-29-23-13-9-10-14-24(23)30(6-2)27(29)21-17-19-22(20-18-21)28-31(7-3)25-15-11-12-16-26(25)32(28)8-4/h9-20H,5-8H2,1-4H3. The van der Waals surface area contributed by atoms with E-state index in [1.165, 1.54) is 33.7 Å². The van der Waals surface area contributed by atoms with Gasteiger partial charge in [-0.3, -0.25) is 0 Å². The number of hydrogen-bond acceptors (Lipinski definition) is 4. The van der Waals surface area contributed by atoms with Crippen molar-refractivity contribution < 1.29 is 0 Å². The van der Waals surface area contributed by atoms with E-state index in [1.54, 1.807) is 0 Å². The number of rotatable bonds is 6. The van der Waals surface area contributed by atoms with Crippen LogP contribution in [0, 0.1) is 0 Å². The molecule has 0 fully saturated rings. The van der Waals surface area contributed by atoms with Crippen LogP contribution in [-0.2, 0) is 0 Å². The van der Waals surface area contributed by atoms with Crippen LogP contribution in [0.25, 0.3) is 0 Å². The van der Waals surface area contributed by atoms with Crippen molar-refractivity contribution in [3.63, 3.8) is 0 Å². The first kappa shape index (κ1) is 20.9. The monoisotopic (exact) mass is 422 g/mol. The Balaban J connectivity index is 1.50. The number of fused-ring (bicyclic) bond motifs is 2. The number of anilines is 4. The zero-order chi connectivity index (χ0) is 22.2. The van der Waals surface area contributed by atoms with Gasteiger partial charge in [0.05, 0.1) is 0 Å². The lowest BCUT2D eigenvalue weighted by Crippen LogP contribution is -2.58. The molecule has 3 aromatic rings. The third-order valence-corrected chi connectivity index (χ3v) is 7.08. The Morgan fingerprint density at radius 2 is 0.688 bits per heavy atom. The number of hydrogen-bond donors (Lipinski definition) is 0. The summed E-state index contributed by atoms with van der Waals surface area (Å²) >= 11 is 0. The van der Waals surface area contributed by atoms with Crippen LogP contribution in [0.3, 0.4) is 0 Å². The summed E-state index contributed by atoms with van der Waals surface area (Å²) in [7, 11) is 0. The van der Waals surface area contributed by atoms with Crippen LogP contribution in [0.5, 0.6) is 0 Å². The molecule has 6 heteroatoms. The van der Waals surface area contributed by atoms with Crippen molar-refractivity contribution in [2.24, 2.45) is 0 Å². The van der Waals surface area contributed by atoms with Gasteiger partial charge in [0.2, 0.25) is 0 Å². The molecule has 0 atom stereocenters. The Morgan fingerprint density at radius 3 is 0.906 bits per heavy atom. The largest absolute Gasteiger partial charge is 0.411 e. The summed E-state index contributed by atoms with van der Waals surface area (Å²) in [5, 5.41) is 0. The Morgan fingerprint density at radius 1 is 0.438 bits per heavy atom. The highest BCUT2D eigenvalue weighted by Crippen LogP contribution is 2.38. The minimum atomic E-state index is 0.252. The van der Waals surface area contributed by atoms with Crippen molar-refractivity contribution >= 4 is 47.6 Å². The average Bonchev–Trinajstić information content (AvgIpc) is 3.35. The van der Waals surface area contributed by atoms with Crippen LogP contribution in [0.1, 0.15) is 27.7 Å². The molecule has 2 heterocycles. The van der Waals surface area contributed by atoms with E-state index in [1.807, 2.05) is 0 Å². The lowest BCUT2D eigenvalue weighted by atomic mass is 9.61. The van der Waals surface area contributed by atoms with Gasteiger partial charge in [-0.15, -0.1) is 0 Å². The maximum Gasteiger partial charge on any atom is 0.411 e. The molecule has 0 bridgehead atoms. The van der Waals surface area contributed by atoms with E-state index in [0.29, 0.717) is 0 Å². The fraction of sp³-hybridized carbons (Fsp3) is 0.308. The highest BCUT2D eigenvalue weighted by molar-refractivity contribution is 6.83. The average molecular weight is 422 g/mol. The number of nitrogens with zero attached hydrogens (tertiary/aromatic N) is 4. The summed E-state index contributed by atoms with van der Waals surface area (Å²) in [6.45, 7) is 13.5. The Labute approximate surface area is 193 Å². The van der Waals surface area contributed by atoms with E-state index < -0.39 is 0 Å². The van der Waals surface area contributed by atoms with Crippen LogP contribution in [0.4, 0.5) is 22.7 Å². The first-order valence-electron chi connectivity index (χ1n) is 12.1. The van der Waals surface area contributed by atoms with Crippen molar-refractivity contribution in [1.82, 2.24) is 0 Å². The second-order valence-corrected chi connectivity index (χ2v) is 8.54. The Bertz CT molecular complexity index is 939. The molecule has 0 aromatic heterocycles. The summed E-state index contributed by atoms with van der Waals surface area (Å²) in [5.74, 6) is 0. The predicted molar refractivity (Wildman–Crippen MR) is 142 cm³/mol. The van der Waals surface area contributed by atoms with Crippen LogP contribution in [-0.4, -0.2) is 40.1 Å². The number of para-hydroxylation sites is 4. The SMILES string of the molecule is CCN1B(c2ccc(B3N(CC)c4ccccc4N3CC)cc2)N(CC)c2ccccc21. The first-order chi connectivity index (χ1) is 15.7. The molecule has 0 N–H and O–H groups in total. The molecule has 2 aliphatic heterocycles. The topological polar surface area (TPSA) is 13.0 Å². The summed E-state index contributed by atoms with van der Waals surface area (Å²) in [6.07, 6.45) is 0. The van der Waals surface area contributed by atoms with Crippen LogP contribution >= 0.6 is 0 Å². The number of benzene rings is 3. The quantitative estimate of drug-likeness (QED) is 0.561. The van der Waals surface area contributed by atoms with E-state index >= 15 is 0 Å². The van der Waals surface area contributed by atoms with Gasteiger partial charge in [0.25, 0.3) is 0 Å². The molecule has 0 spiro atoms. The zero-order valence-electron chi connectivity index (χ0n) is 19.7. The molecule has 0 radical (unpaired) electrons. The van der Waals surface area contributed by atoms with Crippen molar-refractivity contribution in [2.75, 3.05) is 45.4 Å². The second kappa shape index (κ2) is 8.50. The highest BCUT2D eigenvalue weighted by atomic mass is 15.3. The van der Waals surface area contributed by atoms with Crippen LogP contribution in [0.15, 0.2) is 72.8 Å². The van der Waals surface area contributed by atoms with Gasteiger partial charge in [-0.2, -0.15) is 0 Å². The van der Waals surface area contributed by atoms with Gasteiger partial charge in [-0.05, 0) is 62.9 Å². The summed E-state index contributed by atoms with van der Waals surface area (Å²) < 4.78 is 0. The van der Waals surface area contributed by atoms with Crippen LogP contribution in [0.2, 0.25) is 0 Å². The molecule has 2 aliphatic rings. The van der Waals surface area contributed by atoms with Crippen molar-refractivity contribution in [1.29, 1.82) is 0 Å². The molecule has 0 unspecified atom stereocenters. The van der Waals surface area contributed by atoms with E-state index in [-0.39, 0.29) is 14.0 Å². The maximum absolute atomic E-state index is 2.52. The minimum Gasteiger partial charge on any atom is -0.391 e. The first-order valence-corrected chi connectivity index (χ1v) is 12.1. The highest BCUT2D eigenvalue weighted by Gasteiger charge is 2.42. The predicted octanol–water partition coefficient (Wildman–Crippen LogP) is 3.81. The molecule has 162 valence electrons. The van der Waals surface area contributed by atoms with Gasteiger partial charge < -0.3 is 19.2 Å². The summed E-state index contributed by atoms with van der Waals surface area (Å²) in [6, 6.07) is 27.0. The van der Waals surface area contributed by atoms with Gasteiger partial charge in [0.1, 0.15) is 0 Å². The fourth-order valence-electron chi connectivity index (χ4n) is 5.70. The van der Waals surface area contributed by atoms with Gasteiger partial charge in [-0.25, -0.2) is 0 Å². The molecule has 32 heavy (non-hydrogen) atoms. The third kappa shape index (κ3) is 3.08. The summed E-state index contributed by atoms with van der Waals surface area (Å²) in [5.41, 5.74) is 8.07. The molecule has 0 saturated heterocycles. The lowest BCUT2D eigenvalue weighted by molar-refractivity contribution is 1.06. The van der Waals surface area contributed by atoms with E-state index in [2.05, 4.69) is 120 Å². The van der Waals surface area contributed by atoms with E-state index in [0.717, 1.165) is 26.2 Å². The normalized spacial score (nSPS) is 15.0. The molecular weight excluding hydrogens is 390 g/mol. The zero-order valence-corrected chi connectivity index (χ0v) is 19.7. The van der Waals surface area contributed by atoms with Gasteiger partial charge in [0.15, 0.2) is 0 Å². The van der Waals surface area contributed by atoms with Crippen molar-refractivity contribution in [3.8, 4) is 0 Å². The van der Waals surface area contributed by atoms with Gasteiger partial charge >= 0.3 is 14.0 Å². The Hall–Kier alpha value is -3.01. The van der Waals surface area contributed by atoms with E-state index in [4.69, 9.17) is 0 Å². The minimum absolute atomic E-state index is 0.252. The smallest absolute Gasteiger partial charge is 0.391 e. The molecule has 0 saturated carbocycles. The molecule has 5 rings (SSSR count). The van der Waals surface area contributed by atoms with Crippen LogP contribution < -0.4 is 30.2 Å². The van der Waals surface area contributed by atoms with Gasteiger partial charge in [-0.1, -0.05) is 48.5 Å². The van der Waals surface area contributed by atoms with Crippen molar-refractivity contribution in [3.05, 3.63) is 72.8 Å². The third-order valence-electron chi connectivity index (χ3n) is 7.08. The molecule has 0 aliphatic carbocycles. The molecular formula is C26H32B2N4. The molecule has 3 aromatic carbocycles. The van der Waals surface area contributed by atoms with Crippen molar-refractivity contribution in [2.45, 2.75) is 27.7 Å². The van der Waals surface area contributed by atoms with Gasteiger partial charge in [0, 0.05) is 48.9 Å². The fourth-order valence-corrected chi connectivity index (χ4v) is 5.70. The lowest BCUT2D eigenvalue weighted by Gasteiger charge is -2.30. The second-order valence-electron chi connectivity index (χ2n) is 8.54. The molecule has 4 nitrogen and oxygen atoms in total. The van der Waals surface area contributed by atoms with E-state index in [9.17, 15) is 0 Å². The summed E-state index contributed by atoms with van der Waals surface area (Å²) in [4.78, 5) is 10.1.